The second-order valence-electron chi connectivity index (χ2n) is 4.03. The van der Waals surface area contributed by atoms with Crippen molar-refractivity contribution in [2.24, 2.45) is 0 Å². The molecule has 0 bridgehead atoms. The molecule has 0 saturated carbocycles. The number of thiazole rings is 1. The number of nitrogen functional groups attached to an aromatic ring is 1. The monoisotopic (exact) mass is 278 g/mol. The average Bonchev–Trinajstić information content (AvgIpc) is 2.87. The highest BCUT2D eigenvalue weighted by Crippen LogP contribution is 2.26. The van der Waals surface area contributed by atoms with E-state index in [0.717, 1.165) is 16.0 Å². The molecule has 0 aliphatic carbocycles. The van der Waals surface area contributed by atoms with Crippen LogP contribution in [0.15, 0.2) is 24.4 Å². The number of hydrogen-bond donors (Lipinski definition) is 1. The number of para-hydroxylation sites is 1. The average molecular weight is 279 g/mol. The highest BCUT2D eigenvalue weighted by molar-refractivity contribution is 7.11. The molecule has 0 atom stereocenters. The minimum absolute atomic E-state index is 0.464. The Morgan fingerprint density at radius 3 is 3.00 bits per heavy atom. The standard InChI is InChI=1S/C12H11ClN4S/c1-7-5-15-10(18-7)6-17-9-4-2-3-8(13)11(9)16-12(17)14/h2-5H,6H2,1H3,(H2,14,16). The zero-order valence-corrected chi connectivity index (χ0v) is 11.3. The van der Waals surface area contributed by atoms with Gasteiger partial charge in [0.15, 0.2) is 0 Å². The summed E-state index contributed by atoms with van der Waals surface area (Å²) in [7, 11) is 0. The lowest BCUT2D eigenvalue weighted by Crippen LogP contribution is -2.04. The molecule has 4 nitrogen and oxygen atoms in total. The second kappa shape index (κ2) is 4.26. The number of aromatic nitrogens is 3. The topological polar surface area (TPSA) is 56.7 Å². The maximum Gasteiger partial charge on any atom is 0.201 e. The third-order valence-corrected chi connectivity index (χ3v) is 3.92. The van der Waals surface area contributed by atoms with Crippen molar-refractivity contribution < 1.29 is 0 Å². The van der Waals surface area contributed by atoms with Crippen LogP contribution in [-0.4, -0.2) is 14.5 Å². The summed E-state index contributed by atoms with van der Waals surface area (Å²) in [5.74, 6) is 0.464. The number of halogens is 1. The van der Waals surface area contributed by atoms with Gasteiger partial charge in [-0.3, -0.25) is 0 Å². The fraction of sp³-hybridized carbons (Fsp3) is 0.167. The molecule has 0 amide bonds. The summed E-state index contributed by atoms with van der Waals surface area (Å²) in [6.45, 7) is 2.66. The summed E-state index contributed by atoms with van der Waals surface area (Å²) in [6.07, 6.45) is 1.86. The lowest BCUT2D eigenvalue weighted by Gasteiger charge is -2.03. The third kappa shape index (κ3) is 1.85. The first kappa shape index (κ1) is 11.5. The molecule has 0 aliphatic heterocycles. The van der Waals surface area contributed by atoms with Crippen molar-refractivity contribution in [1.29, 1.82) is 0 Å². The first-order chi connectivity index (χ1) is 8.65. The number of rotatable bonds is 2. The number of nitrogens with two attached hydrogens (primary N) is 1. The third-order valence-electron chi connectivity index (χ3n) is 2.72. The Bertz CT molecular complexity index is 716. The van der Waals surface area contributed by atoms with Gasteiger partial charge in [0.2, 0.25) is 5.95 Å². The Balaban J connectivity index is 2.11. The van der Waals surface area contributed by atoms with Crippen LogP contribution in [0, 0.1) is 6.92 Å². The first-order valence-corrected chi connectivity index (χ1v) is 6.66. The SMILES string of the molecule is Cc1cnc(Cn2c(N)nc3c(Cl)cccc32)s1. The highest BCUT2D eigenvalue weighted by Gasteiger charge is 2.12. The predicted molar refractivity (Wildman–Crippen MR) is 75.1 cm³/mol. The Labute approximate surface area is 113 Å². The molecule has 3 rings (SSSR count). The summed E-state index contributed by atoms with van der Waals surface area (Å²) < 4.78 is 1.93. The van der Waals surface area contributed by atoms with Crippen LogP contribution in [-0.2, 0) is 6.54 Å². The molecule has 3 aromatic rings. The van der Waals surface area contributed by atoms with E-state index < -0.39 is 0 Å². The normalized spacial score (nSPS) is 11.2. The lowest BCUT2D eigenvalue weighted by molar-refractivity contribution is 0.829. The Morgan fingerprint density at radius 2 is 2.28 bits per heavy atom. The van der Waals surface area contributed by atoms with Crippen molar-refractivity contribution >= 4 is 39.9 Å². The summed E-state index contributed by atoms with van der Waals surface area (Å²) in [6, 6.07) is 5.68. The van der Waals surface area contributed by atoms with Crippen LogP contribution in [0.25, 0.3) is 11.0 Å². The van der Waals surface area contributed by atoms with Gasteiger partial charge in [-0.1, -0.05) is 17.7 Å². The minimum atomic E-state index is 0.464. The van der Waals surface area contributed by atoms with Crippen LogP contribution in [0.1, 0.15) is 9.88 Å². The van der Waals surface area contributed by atoms with Crippen LogP contribution in [0.2, 0.25) is 5.02 Å². The molecule has 2 aromatic heterocycles. The first-order valence-electron chi connectivity index (χ1n) is 5.46. The quantitative estimate of drug-likeness (QED) is 0.784. The Hall–Kier alpha value is -1.59. The smallest absolute Gasteiger partial charge is 0.201 e. The van der Waals surface area contributed by atoms with Crippen LogP contribution >= 0.6 is 22.9 Å². The molecule has 0 spiro atoms. The number of hydrogen-bond acceptors (Lipinski definition) is 4. The van der Waals surface area contributed by atoms with E-state index in [9.17, 15) is 0 Å². The maximum atomic E-state index is 6.11. The van der Waals surface area contributed by atoms with E-state index in [0.29, 0.717) is 17.5 Å². The number of nitrogens with zero attached hydrogens (tertiary/aromatic N) is 3. The van der Waals surface area contributed by atoms with Crippen molar-refractivity contribution in [3.63, 3.8) is 0 Å². The molecular weight excluding hydrogens is 268 g/mol. The van der Waals surface area contributed by atoms with Gasteiger partial charge in [-0.2, -0.15) is 0 Å². The van der Waals surface area contributed by atoms with Gasteiger partial charge in [-0.25, -0.2) is 9.97 Å². The van der Waals surface area contributed by atoms with Crippen LogP contribution in [0.5, 0.6) is 0 Å². The molecule has 18 heavy (non-hydrogen) atoms. The predicted octanol–water partition coefficient (Wildman–Crippen LogP) is 3.09. The molecule has 0 saturated heterocycles. The van der Waals surface area contributed by atoms with Gasteiger partial charge in [0.05, 0.1) is 17.1 Å². The van der Waals surface area contributed by atoms with Gasteiger partial charge in [0.25, 0.3) is 0 Å². The lowest BCUT2D eigenvalue weighted by atomic mass is 10.3. The maximum absolute atomic E-state index is 6.11. The van der Waals surface area contributed by atoms with E-state index in [4.69, 9.17) is 17.3 Å². The number of benzene rings is 1. The van der Waals surface area contributed by atoms with Crippen molar-refractivity contribution in [2.45, 2.75) is 13.5 Å². The van der Waals surface area contributed by atoms with E-state index in [1.54, 1.807) is 11.3 Å². The van der Waals surface area contributed by atoms with E-state index in [2.05, 4.69) is 9.97 Å². The molecule has 0 unspecified atom stereocenters. The molecule has 0 fully saturated rings. The van der Waals surface area contributed by atoms with E-state index >= 15 is 0 Å². The molecule has 0 radical (unpaired) electrons. The van der Waals surface area contributed by atoms with Crippen molar-refractivity contribution in [2.75, 3.05) is 5.73 Å². The number of anilines is 1. The molecule has 2 heterocycles. The molecule has 92 valence electrons. The number of imidazole rings is 1. The van der Waals surface area contributed by atoms with Crippen molar-refractivity contribution in [3.8, 4) is 0 Å². The van der Waals surface area contributed by atoms with E-state index in [1.165, 1.54) is 4.88 Å². The van der Waals surface area contributed by atoms with E-state index in [1.807, 2.05) is 35.9 Å². The molecular formula is C12H11ClN4S. The highest BCUT2D eigenvalue weighted by atomic mass is 35.5. The van der Waals surface area contributed by atoms with Gasteiger partial charge in [0.1, 0.15) is 10.5 Å². The zero-order valence-electron chi connectivity index (χ0n) is 9.72. The van der Waals surface area contributed by atoms with Gasteiger partial charge in [-0.15, -0.1) is 11.3 Å². The summed E-state index contributed by atoms with van der Waals surface area (Å²) >= 11 is 7.76. The van der Waals surface area contributed by atoms with Gasteiger partial charge in [-0.05, 0) is 19.1 Å². The van der Waals surface area contributed by atoms with Crippen molar-refractivity contribution in [3.05, 3.63) is 39.3 Å². The molecule has 2 N–H and O–H groups in total. The summed E-state index contributed by atoms with van der Waals surface area (Å²) in [5, 5.41) is 1.63. The summed E-state index contributed by atoms with van der Waals surface area (Å²) in [5.41, 5.74) is 7.63. The second-order valence-corrected chi connectivity index (χ2v) is 5.75. The summed E-state index contributed by atoms with van der Waals surface area (Å²) in [4.78, 5) is 9.83. The van der Waals surface area contributed by atoms with Crippen LogP contribution in [0.4, 0.5) is 5.95 Å². The van der Waals surface area contributed by atoms with Crippen molar-refractivity contribution in [1.82, 2.24) is 14.5 Å². The Morgan fingerprint density at radius 1 is 1.44 bits per heavy atom. The molecule has 0 aliphatic rings. The fourth-order valence-electron chi connectivity index (χ4n) is 1.91. The molecule has 1 aromatic carbocycles. The Kier molecular flexibility index (Phi) is 2.72. The minimum Gasteiger partial charge on any atom is -0.369 e. The zero-order chi connectivity index (χ0) is 12.7. The van der Waals surface area contributed by atoms with Crippen LogP contribution in [0.3, 0.4) is 0 Å². The largest absolute Gasteiger partial charge is 0.369 e. The number of fused-ring (bicyclic) bond motifs is 1. The van der Waals surface area contributed by atoms with Gasteiger partial charge in [0, 0.05) is 11.1 Å². The van der Waals surface area contributed by atoms with Crippen LogP contribution < -0.4 is 5.73 Å². The van der Waals surface area contributed by atoms with Gasteiger partial charge < -0.3 is 10.3 Å². The van der Waals surface area contributed by atoms with E-state index in [-0.39, 0.29) is 0 Å². The molecule has 6 heteroatoms. The van der Waals surface area contributed by atoms with Gasteiger partial charge >= 0.3 is 0 Å². The fourth-order valence-corrected chi connectivity index (χ4v) is 2.89. The number of aryl methyl sites for hydroxylation is 1.